The second-order valence-electron chi connectivity index (χ2n) is 7.26. The highest BCUT2D eigenvalue weighted by molar-refractivity contribution is 6.04. The van der Waals surface area contributed by atoms with Crippen molar-refractivity contribution in [2.45, 2.75) is 13.1 Å². The Morgan fingerprint density at radius 3 is 2.06 bits per heavy atom. The third-order valence-electron chi connectivity index (χ3n) is 4.65. The van der Waals surface area contributed by atoms with Gasteiger partial charge in [0.15, 0.2) is 0 Å². The number of aromatic nitrogens is 3. The van der Waals surface area contributed by atoms with Crippen LogP contribution in [0, 0.1) is 6.92 Å². The molecular formula is C24H19F3N6O. The SMILES string of the molecule is Cc1nc(Nc2ccc(NC(=O)c3ccc(C(F)(F)F)cc3)cc2)cc(Nc2ccccn2)n1. The van der Waals surface area contributed by atoms with Crippen LogP contribution in [0.15, 0.2) is 79.0 Å². The van der Waals surface area contributed by atoms with Gasteiger partial charge in [-0.25, -0.2) is 15.0 Å². The lowest BCUT2D eigenvalue weighted by molar-refractivity contribution is -0.137. The molecule has 2 aromatic carbocycles. The van der Waals surface area contributed by atoms with Crippen LogP contribution in [0.5, 0.6) is 0 Å². The third kappa shape index (κ3) is 5.85. The number of aryl methyl sites for hydroxylation is 1. The van der Waals surface area contributed by atoms with Crippen molar-refractivity contribution < 1.29 is 18.0 Å². The Morgan fingerprint density at radius 2 is 1.44 bits per heavy atom. The normalized spacial score (nSPS) is 11.1. The number of rotatable bonds is 6. The number of alkyl halides is 3. The number of carbonyl (C=O) groups is 1. The molecule has 3 N–H and O–H groups in total. The molecule has 34 heavy (non-hydrogen) atoms. The van der Waals surface area contributed by atoms with E-state index in [1.807, 2.05) is 18.2 Å². The Balaban J connectivity index is 1.40. The number of amides is 1. The Morgan fingerprint density at radius 1 is 0.794 bits per heavy atom. The Hall–Kier alpha value is -4.47. The van der Waals surface area contributed by atoms with Crippen LogP contribution in [-0.2, 0) is 6.18 Å². The maximum absolute atomic E-state index is 12.7. The van der Waals surface area contributed by atoms with Crippen molar-refractivity contribution in [1.29, 1.82) is 0 Å². The van der Waals surface area contributed by atoms with Crippen LogP contribution in [0.25, 0.3) is 0 Å². The van der Waals surface area contributed by atoms with Crippen molar-refractivity contribution in [1.82, 2.24) is 15.0 Å². The number of halogens is 3. The van der Waals surface area contributed by atoms with Crippen LogP contribution in [0.1, 0.15) is 21.7 Å². The summed E-state index contributed by atoms with van der Waals surface area (Å²) in [7, 11) is 0. The van der Waals surface area contributed by atoms with Gasteiger partial charge in [0, 0.05) is 29.2 Å². The van der Waals surface area contributed by atoms with Crippen molar-refractivity contribution in [3.05, 3.63) is 95.9 Å². The van der Waals surface area contributed by atoms with Crippen LogP contribution in [0.3, 0.4) is 0 Å². The Labute approximate surface area is 193 Å². The maximum Gasteiger partial charge on any atom is 0.416 e. The van der Waals surface area contributed by atoms with E-state index < -0.39 is 17.6 Å². The average Bonchev–Trinajstić information content (AvgIpc) is 2.80. The van der Waals surface area contributed by atoms with Crippen LogP contribution in [-0.4, -0.2) is 20.9 Å². The van der Waals surface area contributed by atoms with E-state index in [9.17, 15) is 18.0 Å². The zero-order chi connectivity index (χ0) is 24.1. The standard InChI is InChI=1S/C24H19F3N6O/c1-15-29-21(14-22(30-15)33-20-4-2-3-13-28-20)31-18-9-11-19(12-10-18)32-23(34)16-5-7-17(8-6-16)24(25,26)27/h2-14H,1H3,(H,32,34)(H2,28,29,30,31,33). The fraction of sp³-hybridized carbons (Fsp3) is 0.0833. The summed E-state index contributed by atoms with van der Waals surface area (Å²) >= 11 is 0. The van der Waals surface area contributed by atoms with Gasteiger partial charge in [-0.2, -0.15) is 13.2 Å². The number of pyridine rings is 1. The summed E-state index contributed by atoms with van der Waals surface area (Å²) in [5.41, 5.74) is 0.527. The number of hydrogen-bond acceptors (Lipinski definition) is 6. The van der Waals surface area contributed by atoms with E-state index in [0.29, 0.717) is 29.0 Å². The molecule has 7 nitrogen and oxygen atoms in total. The second kappa shape index (κ2) is 9.57. The summed E-state index contributed by atoms with van der Waals surface area (Å²) in [6, 6.07) is 18.1. The molecule has 0 saturated heterocycles. The maximum atomic E-state index is 12.7. The summed E-state index contributed by atoms with van der Waals surface area (Å²) in [6.07, 6.45) is -2.78. The van der Waals surface area contributed by atoms with Gasteiger partial charge in [0.2, 0.25) is 0 Å². The zero-order valence-electron chi connectivity index (χ0n) is 17.9. The molecule has 0 spiro atoms. The lowest BCUT2D eigenvalue weighted by atomic mass is 10.1. The minimum atomic E-state index is -4.45. The monoisotopic (exact) mass is 464 g/mol. The number of anilines is 5. The van der Waals surface area contributed by atoms with Gasteiger partial charge in [0.25, 0.3) is 5.91 Å². The smallest absolute Gasteiger partial charge is 0.340 e. The Bertz CT molecular complexity index is 1280. The van der Waals surface area contributed by atoms with E-state index in [2.05, 4.69) is 30.9 Å². The Kier molecular flexibility index (Phi) is 6.39. The summed E-state index contributed by atoms with van der Waals surface area (Å²) in [6.45, 7) is 1.77. The molecule has 2 heterocycles. The van der Waals surface area contributed by atoms with Gasteiger partial charge in [-0.05, 0) is 67.6 Å². The third-order valence-corrected chi connectivity index (χ3v) is 4.65. The molecule has 0 aliphatic carbocycles. The molecular weight excluding hydrogens is 445 g/mol. The van der Waals surface area contributed by atoms with Crippen molar-refractivity contribution in [3.8, 4) is 0 Å². The van der Waals surface area contributed by atoms with Crippen LogP contribution in [0.2, 0.25) is 0 Å². The highest BCUT2D eigenvalue weighted by Crippen LogP contribution is 2.29. The molecule has 172 valence electrons. The number of hydrogen-bond donors (Lipinski definition) is 3. The van der Waals surface area contributed by atoms with Crippen LogP contribution in [0.4, 0.5) is 42.0 Å². The number of nitrogens with zero attached hydrogens (tertiary/aromatic N) is 3. The van der Waals surface area contributed by atoms with Crippen LogP contribution >= 0.6 is 0 Å². The van der Waals surface area contributed by atoms with Gasteiger partial charge in [-0.15, -0.1) is 0 Å². The summed E-state index contributed by atoms with van der Waals surface area (Å²) < 4.78 is 38.0. The summed E-state index contributed by atoms with van der Waals surface area (Å²) in [5.74, 6) is 1.84. The molecule has 1 amide bonds. The quantitative estimate of drug-likeness (QED) is 0.327. The van der Waals surface area contributed by atoms with Crippen molar-refractivity contribution >= 4 is 34.7 Å². The first-order valence-corrected chi connectivity index (χ1v) is 10.2. The first kappa shape index (κ1) is 22.7. The van der Waals surface area contributed by atoms with Crippen molar-refractivity contribution in [2.24, 2.45) is 0 Å². The number of nitrogens with one attached hydrogen (secondary N) is 3. The highest BCUT2D eigenvalue weighted by Gasteiger charge is 2.30. The minimum absolute atomic E-state index is 0.125. The van der Waals surface area contributed by atoms with E-state index in [1.54, 1.807) is 43.5 Å². The first-order valence-electron chi connectivity index (χ1n) is 10.2. The summed E-state index contributed by atoms with van der Waals surface area (Å²) in [4.78, 5) is 25.3. The predicted octanol–water partition coefficient (Wildman–Crippen LogP) is 5.94. The molecule has 0 aliphatic rings. The predicted molar refractivity (Wildman–Crippen MR) is 123 cm³/mol. The zero-order valence-corrected chi connectivity index (χ0v) is 17.9. The van der Waals surface area contributed by atoms with E-state index >= 15 is 0 Å². The molecule has 0 saturated carbocycles. The molecule has 0 radical (unpaired) electrons. The van der Waals surface area contributed by atoms with Crippen molar-refractivity contribution in [3.63, 3.8) is 0 Å². The molecule has 2 aromatic heterocycles. The fourth-order valence-electron chi connectivity index (χ4n) is 3.06. The van der Waals surface area contributed by atoms with Crippen molar-refractivity contribution in [2.75, 3.05) is 16.0 Å². The largest absolute Gasteiger partial charge is 0.416 e. The fourth-order valence-corrected chi connectivity index (χ4v) is 3.06. The molecule has 0 fully saturated rings. The van der Waals surface area contributed by atoms with Gasteiger partial charge < -0.3 is 16.0 Å². The molecule has 0 bridgehead atoms. The van der Waals surface area contributed by atoms with Gasteiger partial charge in [-0.3, -0.25) is 4.79 Å². The van der Waals surface area contributed by atoms with E-state index in [0.717, 1.165) is 30.0 Å². The van der Waals surface area contributed by atoms with E-state index in [-0.39, 0.29) is 5.56 Å². The highest BCUT2D eigenvalue weighted by atomic mass is 19.4. The van der Waals surface area contributed by atoms with E-state index in [4.69, 9.17) is 0 Å². The summed E-state index contributed by atoms with van der Waals surface area (Å²) in [5, 5.41) is 8.95. The topological polar surface area (TPSA) is 91.8 Å². The van der Waals surface area contributed by atoms with Gasteiger partial charge in [-0.1, -0.05) is 6.07 Å². The molecule has 4 rings (SSSR count). The molecule has 0 atom stereocenters. The number of carbonyl (C=O) groups excluding carboxylic acids is 1. The molecule has 0 aliphatic heterocycles. The molecule has 0 unspecified atom stereocenters. The van der Waals surface area contributed by atoms with Crippen LogP contribution < -0.4 is 16.0 Å². The number of benzene rings is 2. The lowest BCUT2D eigenvalue weighted by Gasteiger charge is -2.11. The average molecular weight is 464 g/mol. The second-order valence-corrected chi connectivity index (χ2v) is 7.26. The van der Waals surface area contributed by atoms with Gasteiger partial charge in [0.05, 0.1) is 5.56 Å². The minimum Gasteiger partial charge on any atom is -0.340 e. The molecule has 4 aromatic rings. The van der Waals surface area contributed by atoms with Gasteiger partial charge in [0.1, 0.15) is 23.3 Å². The molecule has 10 heteroatoms. The van der Waals surface area contributed by atoms with Gasteiger partial charge >= 0.3 is 6.18 Å². The first-order chi connectivity index (χ1) is 16.3. The van der Waals surface area contributed by atoms with E-state index in [1.165, 1.54) is 0 Å². The lowest BCUT2D eigenvalue weighted by Crippen LogP contribution is -2.12.